The van der Waals surface area contributed by atoms with Crippen LogP contribution >= 0.6 is 11.8 Å². The van der Waals surface area contributed by atoms with Crippen LogP contribution in [0.5, 0.6) is 0 Å². The molecule has 0 unspecified atom stereocenters. The highest BCUT2D eigenvalue weighted by atomic mass is 79.9. The summed E-state index contributed by atoms with van der Waals surface area (Å²) in [5.74, 6) is 0.735. The summed E-state index contributed by atoms with van der Waals surface area (Å²) in [6, 6.07) is 5.75. The number of hydrogen-bond acceptors (Lipinski definition) is 4. The zero-order valence-electron chi connectivity index (χ0n) is 9.62. The van der Waals surface area contributed by atoms with E-state index < -0.39 is 0 Å². The molecule has 96 valence electrons. The third kappa shape index (κ3) is 4.97. The Morgan fingerprint density at radius 2 is 2.11 bits per heavy atom. The molecule has 0 saturated heterocycles. The molecule has 2 aromatic rings. The van der Waals surface area contributed by atoms with Crippen LogP contribution in [0.4, 0.5) is 0 Å². The fourth-order valence-electron chi connectivity index (χ4n) is 1.35. The molecule has 0 aliphatic carbocycles. The lowest BCUT2D eigenvalue weighted by atomic mass is 10.4. The van der Waals surface area contributed by atoms with E-state index >= 15 is 0 Å². The lowest BCUT2D eigenvalue weighted by molar-refractivity contribution is -0.683. The van der Waals surface area contributed by atoms with E-state index in [1.54, 1.807) is 6.20 Å². The first-order valence-corrected chi connectivity index (χ1v) is 6.27. The van der Waals surface area contributed by atoms with Crippen molar-refractivity contribution in [1.82, 2.24) is 15.4 Å². The lowest BCUT2D eigenvalue weighted by Gasteiger charge is -1.96. The van der Waals surface area contributed by atoms with Gasteiger partial charge < -0.3 is 17.0 Å². The second-order valence-electron chi connectivity index (χ2n) is 3.48. The van der Waals surface area contributed by atoms with Crippen LogP contribution in [-0.4, -0.2) is 26.3 Å². The molecule has 0 aliphatic rings. The third-order valence-corrected chi connectivity index (χ3v) is 3.03. The molecule has 0 saturated carbocycles. The highest BCUT2D eigenvalue weighted by molar-refractivity contribution is 8.13. The molecule has 0 aromatic carbocycles. The van der Waals surface area contributed by atoms with Gasteiger partial charge in [0.2, 0.25) is 6.54 Å². The van der Waals surface area contributed by atoms with Crippen molar-refractivity contribution in [3.05, 3.63) is 42.5 Å². The highest BCUT2D eigenvalue weighted by Crippen LogP contribution is 2.05. The number of carbonyl (C=O) groups excluding carboxylic acids is 1. The van der Waals surface area contributed by atoms with E-state index in [1.807, 2.05) is 35.2 Å². The number of aromatic amines is 1. The Bertz CT molecular complexity index is 463. The number of H-pyrrole nitrogens is 1. The molecule has 0 fully saturated rings. The predicted molar refractivity (Wildman–Crippen MR) is 64.2 cm³/mol. The van der Waals surface area contributed by atoms with Crippen LogP contribution in [0.25, 0.3) is 0 Å². The summed E-state index contributed by atoms with van der Waals surface area (Å²) in [5, 5.41) is 10.4. The standard InChI is InChI=1S/C11H13N4OS.BrH/c16-11(9-15-5-2-1-3-6-15)17-7-4-10-8-12-14-13-10;/h1-3,5-6,8H,4,7,9H2,(H,12,13,14);1H/q+1;/p-1. The number of carbonyl (C=O) groups is 1. The molecular formula is C11H13BrN4OS. The van der Waals surface area contributed by atoms with Gasteiger partial charge in [-0.2, -0.15) is 20.0 Å². The first-order chi connectivity index (χ1) is 8.34. The van der Waals surface area contributed by atoms with E-state index in [0.717, 1.165) is 17.9 Å². The zero-order chi connectivity index (χ0) is 11.9. The van der Waals surface area contributed by atoms with Crippen LogP contribution in [0.15, 0.2) is 36.8 Å². The van der Waals surface area contributed by atoms with Gasteiger partial charge in [-0.25, -0.2) is 0 Å². The number of pyridine rings is 1. The van der Waals surface area contributed by atoms with Gasteiger partial charge in [0.05, 0.1) is 11.9 Å². The first kappa shape index (κ1) is 14.8. The Kier molecular flexibility index (Phi) is 6.59. The van der Waals surface area contributed by atoms with Gasteiger partial charge in [0.15, 0.2) is 12.4 Å². The summed E-state index contributed by atoms with van der Waals surface area (Å²) in [6.45, 7) is 0.407. The third-order valence-electron chi connectivity index (χ3n) is 2.18. The minimum atomic E-state index is 0. The van der Waals surface area contributed by atoms with Crippen molar-refractivity contribution in [3.63, 3.8) is 0 Å². The topological polar surface area (TPSA) is 62.5 Å². The summed E-state index contributed by atoms with van der Waals surface area (Å²) in [7, 11) is 0. The van der Waals surface area contributed by atoms with Crippen molar-refractivity contribution in [2.24, 2.45) is 0 Å². The quantitative estimate of drug-likeness (QED) is 0.622. The molecule has 0 atom stereocenters. The fourth-order valence-corrected chi connectivity index (χ4v) is 2.13. The Morgan fingerprint density at radius 3 is 2.78 bits per heavy atom. The first-order valence-electron chi connectivity index (χ1n) is 5.29. The Morgan fingerprint density at radius 1 is 1.33 bits per heavy atom. The van der Waals surface area contributed by atoms with Crippen molar-refractivity contribution in [1.29, 1.82) is 0 Å². The largest absolute Gasteiger partial charge is 1.00 e. The number of nitrogens with zero attached hydrogens (tertiary/aromatic N) is 3. The van der Waals surface area contributed by atoms with Crippen LogP contribution in [0, 0.1) is 0 Å². The highest BCUT2D eigenvalue weighted by Gasteiger charge is 2.09. The predicted octanol–water partition coefficient (Wildman–Crippen LogP) is -2.40. The van der Waals surface area contributed by atoms with Crippen molar-refractivity contribution < 1.29 is 26.3 Å². The van der Waals surface area contributed by atoms with Crippen molar-refractivity contribution >= 4 is 16.9 Å². The van der Waals surface area contributed by atoms with Gasteiger partial charge in [-0.15, -0.1) is 0 Å². The van der Waals surface area contributed by atoms with Crippen LogP contribution in [0.1, 0.15) is 5.69 Å². The summed E-state index contributed by atoms with van der Waals surface area (Å²) in [5.41, 5.74) is 0.887. The van der Waals surface area contributed by atoms with Gasteiger partial charge in [0.25, 0.3) is 5.12 Å². The maximum absolute atomic E-state index is 11.6. The molecule has 0 bridgehead atoms. The average molecular weight is 329 g/mol. The molecule has 1 N–H and O–H groups in total. The van der Waals surface area contributed by atoms with Crippen LogP contribution in [0.3, 0.4) is 0 Å². The van der Waals surface area contributed by atoms with Crippen LogP contribution in [-0.2, 0) is 17.8 Å². The molecule has 0 radical (unpaired) electrons. The van der Waals surface area contributed by atoms with Gasteiger partial charge in [0.1, 0.15) is 0 Å². The van der Waals surface area contributed by atoms with Gasteiger partial charge in [0, 0.05) is 24.3 Å². The monoisotopic (exact) mass is 328 g/mol. The Hall–Kier alpha value is -1.21. The molecule has 0 aliphatic heterocycles. The molecule has 0 amide bonds. The Balaban J connectivity index is 0.00000162. The zero-order valence-corrected chi connectivity index (χ0v) is 12.0. The molecular weight excluding hydrogens is 316 g/mol. The molecule has 2 heterocycles. The second-order valence-corrected chi connectivity index (χ2v) is 4.63. The van der Waals surface area contributed by atoms with Crippen LogP contribution < -0.4 is 21.5 Å². The number of hydrogen-bond donors (Lipinski definition) is 1. The van der Waals surface area contributed by atoms with E-state index in [1.165, 1.54) is 11.8 Å². The van der Waals surface area contributed by atoms with E-state index in [-0.39, 0.29) is 22.1 Å². The minimum absolute atomic E-state index is 0. The maximum atomic E-state index is 11.6. The second kappa shape index (κ2) is 7.99. The maximum Gasteiger partial charge on any atom is 0.253 e. The molecule has 5 nitrogen and oxygen atoms in total. The number of aromatic nitrogens is 4. The smallest absolute Gasteiger partial charge is 0.253 e. The van der Waals surface area contributed by atoms with Gasteiger partial charge in [-0.1, -0.05) is 17.8 Å². The summed E-state index contributed by atoms with van der Waals surface area (Å²) in [6.07, 6.45) is 6.20. The van der Waals surface area contributed by atoms with E-state index in [2.05, 4.69) is 15.4 Å². The van der Waals surface area contributed by atoms with Crippen molar-refractivity contribution in [2.75, 3.05) is 5.75 Å². The molecule has 2 rings (SSSR count). The molecule has 0 spiro atoms. The Labute approximate surface area is 120 Å². The van der Waals surface area contributed by atoms with Gasteiger partial charge in [-0.3, -0.25) is 4.79 Å². The van der Waals surface area contributed by atoms with Crippen molar-refractivity contribution in [2.45, 2.75) is 13.0 Å². The van der Waals surface area contributed by atoms with E-state index in [0.29, 0.717) is 6.54 Å². The van der Waals surface area contributed by atoms with E-state index in [4.69, 9.17) is 0 Å². The molecule has 7 heteroatoms. The molecule has 2 aromatic heterocycles. The van der Waals surface area contributed by atoms with Crippen molar-refractivity contribution in [3.8, 4) is 0 Å². The number of nitrogens with one attached hydrogen (secondary N) is 1. The summed E-state index contributed by atoms with van der Waals surface area (Å²) < 4.78 is 1.87. The van der Waals surface area contributed by atoms with Gasteiger partial charge in [-0.05, 0) is 0 Å². The minimum Gasteiger partial charge on any atom is -1.00 e. The normalized spacial score (nSPS) is 9.78. The average Bonchev–Trinajstić information content (AvgIpc) is 2.83. The lowest BCUT2D eigenvalue weighted by Crippen LogP contribution is -3.00. The number of thioether (sulfide) groups is 1. The van der Waals surface area contributed by atoms with Gasteiger partial charge >= 0.3 is 0 Å². The van der Waals surface area contributed by atoms with Crippen LogP contribution in [0.2, 0.25) is 0 Å². The number of aryl methyl sites for hydroxylation is 1. The SMILES string of the molecule is O=C(C[n+]1ccccc1)SCCc1cn[nH]n1.[Br-]. The fraction of sp³-hybridized carbons (Fsp3) is 0.273. The number of rotatable bonds is 5. The van der Waals surface area contributed by atoms with E-state index in [9.17, 15) is 4.79 Å². The number of halogens is 1. The summed E-state index contributed by atoms with van der Waals surface area (Å²) in [4.78, 5) is 11.6. The summed E-state index contributed by atoms with van der Waals surface area (Å²) >= 11 is 1.33. The molecule has 18 heavy (non-hydrogen) atoms.